The minimum atomic E-state index is 0.535. The average molecular weight is 331 g/mol. The molecule has 110 valence electrons. The van der Waals surface area contributed by atoms with Crippen molar-refractivity contribution in [3.8, 4) is 5.75 Å². The topological polar surface area (TPSA) is 25.4 Å². The van der Waals surface area contributed by atoms with Crippen LogP contribution < -0.4 is 4.74 Å². The third-order valence-electron chi connectivity index (χ3n) is 3.09. The van der Waals surface area contributed by atoms with Crippen LogP contribution in [0.4, 0.5) is 0 Å². The SMILES string of the molecule is CCN(CC)CCOc1ccc2nc(SCCl)sc2c1. The van der Waals surface area contributed by atoms with Crippen molar-refractivity contribution < 1.29 is 4.74 Å². The van der Waals surface area contributed by atoms with Gasteiger partial charge in [0.2, 0.25) is 0 Å². The lowest BCUT2D eigenvalue weighted by Crippen LogP contribution is -2.27. The van der Waals surface area contributed by atoms with Crippen molar-refractivity contribution in [2.24, 2.45) is 0 Å². The molecule has 0 bridgehead atoms. The van der Waals surface area contributed by atoms with Gasteiger partial charge in [0.05, 0.1) is 15.4 Å². The Hall–Kier alpha value is -0.490. The van der Waals surface area contributed by atoms with Crippen LogP contribution in [-0.4, -0.2) is 41.3 Å². The zero-order chi connectivity index (χ0) is 14.4. The molecule has 6 heteroatoms. The van der Waals surface area contributed by atoms with Crippen LogP contribution in [0.15, 0.2) is 22.5 Å². The molecule has 0 unspecified atom stereocenters. The third kappa shape index (κ3) is 4.25. The fraction of sp³-hybridized carbons (Fsp3) is 0.500. The molecular weight excluding hydrogens is 312 g/mol. The number of fused-ring (bicyclic) bond motifs is 1. The molecule has 2 rings (SSSR count). The van der Waals surface area contributed by atoms with Crippen molar-refractivity contribution in [3.63, 3.8) is 0 Å². The highest BCUT2D eigenvalue weighted by Crippen LogP contribution is 2.32. The number of thiazole rings is 1. The number of halogens is 1. The molecule has 0 amide bonds. The number of hydrogen-bond donors (Lipinski definition) is 0. The van der Waals surface area contributed by atoms with Gasteiger partial charge in [0, 0.05) is 6.54 Å². The lowest BCUT2D eigenvalue weighted by Gasteiger charge is -2.17. The number of hydrogen-bond acceptors (Lipinski definition) is 5. The van der Waals surface area contributed by atoms with Gasteiger partial charge in [0.1, 0.15) is 12.4 Å². The van der Waals surface area contributed by atoms with Gasteiger partial charge in [-0.25, -0.2) is 4.98 Å². The molecule has 3 nitrogen and oxygen atoms in total. The number of thioether (sulfide) groups is 1. The second kappa shape index (κ2) is 8.08. The van der Waals surface area contributed by atoms with E-state index in [0.29, 0.717) is 5.21 Å². The lowest BCUT2D eigenvalue weighted by atomic mass is 10.3. The summed E-state index contributed by atoms with van der Waals surface area (Å²) in [5, 5.41) is 0.535. The van der Waals surface area contributed by atoms with E-state index in [0.717, 1.165) is 46.5 Å². The maximum atomic E-state index is 5.82. The van der Waals surface area contributed by atoms with Gasteiger partial charge in [-0.15, -0.1) is 22.9 Å². The van der Waals surface area contributed by atoms with Crippen LogP contribution in [0.5, 0.6) is 5.75 Å². The third-order valence-corrected chi connectivity index (χ3v) is 5.28. The summed E-state index contributed by atoms with van der Waals surface area (Å²) in [4.78, 5) is 6.86. The van der Waals surface area contributed by atoms with Crippen molar-refractivity contribution >= 4 is 44.9 Å². The highest BCUT2D eigenvalue weighted by molar-refractivity contribution is 8.02. The smallest absolute Gasteiger partial charge is 0.152 e. The summed E-state index contributed by atoms with van der Waals surface area (Å²) in [5.74, 6) is 0.913. The van der Waals surface area contributed by atoms with E-state index in [1.54, 1.807) is 23.1 Å². The second-order valence-corrected chi connectivity index (χ2v) is 7.08. The Morgan fingerprint density at radius 2 is 2.15 bits per heavy atom. The largest absolute Gasteiger partial charge is 0.492 e. The standard InChI is InChI=1S/C14H19ClN2OS2/c1-3-17(4-2)7-8-18-11-5-6-12-13(9-11)20-14(16-12)19-10-15/h5-6,9H,3-4,7-8,10H2,1-2H3. The van der Waals surface area contributed by atoms with Crippen LogP contribution in [0.1, 0.15) is 13.8 Å². The van der Waals surface area contributed by atoms with Gasteiger partial charge in [0.15, 0.2) is 4.34 Å². The first-order valence-corrected chi connectivity index (χ1v) is 9.05. The first-order valence-electron chi connectivity index (χ1n) is 6.71. The fourth-order valence-electron chi connectivity index (χ4n) is 1.91. The second-order valence-electron chi connectivity index (χ2n) is 4.24. The molecule has 20 heavy (non-hydrogen) atoms. The van der Waals surface area contributed by atoms with E-state index in [2.05, 4.69) is 29.8 Å². The number of rotatable bonds is 8. The summed E-state index contributed by atoms with van der Waals surface area (Å²) in [6.07, 6.45) is 0. The van der Waals surface area contributed by atoms with Crippen LogP contribution in [0.3, 0.4) is 0 Å². The monoisotopic (exact) mass is 330 g/mol. The number of benzene rings is 1. The van der Waals surface area contributed by atoms with Crippen molar-refractivity contribution in [2.75, 3.05) is 31.5 Å². The molecule has 1 aromatic carbocycles. The molecule has 1 aromatic heterocycles. The molecule has 0 radical (unpaired) electrons. The Morgan fingerprint density at radius 1 is 1.35 bits per heavy atom. The van der Waals surface area contributed by atoms with Crippen molar-refractivity contribution in [3.05, 3.63) is 18.2 Å². The molecule has 1 heterocycles. The molecule has 2 aromatic rings. The Labute approximate surface area is 133 Å². The van der Waals surface area contributed by atoms with Gasteiger partial charge >= 0.3 is 0 Å². The number of ether oxygens (including phenoxy) is 1. The number of aromatic nitrogens is 1. The summed E-state index contributed by atoms with van der Waals surface area (Å²) in [6, 6.07) is 6.06. The Bertz CT molecular complexity index is 543. The number of likely N-dealkylation sites (N-methyl/N-ethyl adjacent to an activating group) is 1. The van der Waals surface area contributed by atoms with Gasteiger partial charge < -0.3 is 9.64 Å². The molecule has 0 atom stereocenters. The first kappa shape index (κ1) is 15.9. The van der Waals surface area contributed by atoms with Crippen LogP contribution in [0, 0.1) is 0 Å². The summed E-state index contributed by atoms with van der Waals surface area (Å²) < 4.78 is 7.98. The predicted octanol–water partition coefficient (Wildman–Crippen LogP) is 4.31. The van der Waals surface area contributed by atoms with Crippen molar-refractivity contribution in [2.45, 2.75) is 18.2 Å². The summed E-state index contributed by atoms with van der Waals surface area (Å²) >= 11 is 8.94. The van der Waals surface area contributed by atoms with E-state index >= 15 is 0 Å². The molecule has 0 spiro atoms. The lowest BCUT2D eigenvalue weighted by molar-refractivity contribution is 0.223. The Kier molecular flexibility index (Phi) is 6.42. The van der Waals surface area contributed by atoms with E-state index in [1.807, 2.05) is 12.1 Å². The van der Waals surface area contributed by atoms with Crippen LogP contribution in [0.25, 0.3) is 10.2 Å². The highest BCUT2D eigenvalue weighted by Gasteiger charge is 2.06. The summed E-state index contributed by atoms with van der Waals surface area (Å²) in [5.41, 5.74) is 1.01. The van der Waals surface area contributed by atoms with E-state index in [4.69, 9.17) is 16.3 Å². The predicted molar refractivity (Wildman–Crippen MR) is 89.5 cm³/mol. The number of alkyl halides is 1. The van der Waals surface area contributed by atoms with Crippen LogP contribution >= 0.6 is 34.7 Å². The zero-order valence-corrected chi connectivity index (χ0v) is 14.2. The average Bonchev–Trinajstić information content (AvgIpc) is 2.85. The summed E-state index contributed by atoms with van der Waals surface area (Å²) in [6.45, 7) is 8.14. The highest BCUT2D eigenvalue weighted by atomic mass is 35.5. The van der Waals surface area contributed by atoms with E-state index in [-0.39, 0.29) is 0 Å². The summed E-state index contributed by atoms with van der Waals surface area (Å²) in [7, 11) is 0. The maximum absolute atomic E-state index is 5.82. The normalized spacial score (nSPS) is 11.4. The van der Waals surface area contributed by atoms with Gasteiger partial charge in [-0.1, -0.05) is 25.6 Å². The minimum absolute atomic E-state index is 0.535. The van der Waals surface area contributed by atoms with Crippen molar-refractivity contribution in [1.82, 2.24) is 9.88 Å². The molecule has 0 saturated carbocycles. The van der Waals surface area contributed by atoms with Gasteiger partial charge in [0.25, 0.3) is 0 Å². The molecule has 0 aliphatic rings. The van der Waals surface area contributed by atoms with Gasteiger partial charge in [-0.3, -0.25) is 0 Å². The maximum Gasteiger partial charge on any atom is 0.152 e. The van der Waals surface area contributed by atoms with E-state index in [1.165, 1.54) is 0 Å². The fourth-order valence-corrected chi connectivity index (χ4v) is 4.08. The van der Waals surface area contributed by atoms with Gasteiger partial charge in [-0.2, -0.15) is 0 Å². The molecule has 0 saturated heterocycles. The Balaban J connectivity index is 1.97. The Morgan fingerprint density at radius 3 is 2.85 bits per heavy atom. The van der Waals surface area contributed by atoms with Crippen LogP contribution in [0.2, 0.25) is 0 Å². The minimum Gasteiger partial charge on any atom is -0.492 e. The van der Waals surface area contributed by atoms with E-state index < -0.39 is 0 Å². The van der Waals surface area contributed by atoms with Gasteiger partial charge in [-0.05, 0) is 31.3 Å². The molecule has 0 N–H and O–H groups in total. The first-order chi connectivity index (χ1) is 9.76. The number of nitrogens with zero attached hydrogens (tertiary/aromatic N) is 2. The zero-order valence-electron chi connectivity index (χ0n) is 11.8. The van der Waals surface area contributed by atoms with Crippen LogP contribution in [-0.2, 0) is 0 Å². The molecular formula is C14H19ClN2OS2. The molecule has 0 aliphatic carbocycles. The molecule has 0 fully saturated rings. The van der Waals surface area contributed by atoms with Crippen molar-refractivity contribution in [1.29, 1.82) is 0 Å². The van der Waals surface area contributed by atoms with E-state index in [9.17, 15) is 0 Å². The molecule has 0 aliphatic heterocycles. The quantitative estimate of drug-likeness (QED) is 0.532.